The maximum absolute atomic E-state index is 9.59. The predicted octanol–water partition coefficient (Wildman–Crippen LogP) is 6.81. The summed E-state index contributed by atoms with van der Waals surface area (Å²) < 4.78 is 0. The highest BCUT2D eigenvalue weighted by molar-refractivity contribution is 6.30. The van der Waals surface area contributed by atoms with Crippen LogP contribution in [-0.2, 0) is 0 Å². The molecule has 9 nitrogen and oxygen atoms in total. The second-order valence-electron chi connectivity index (χ2n) is 10.6. The summed E-state index contributed by atoms with van der Waals surface area (Å²) >= 11 is 11.7. The van der Waals surface area contributed by atoms with Gasteiger partial charge in [0.15, 0.2) is 5.82 Å². The van der Waals surface area contributed by atoms with Crippen molar-refractivity contribution in [2.45, 2.75) is 37.8 Å². The molecule has 1 aliphatic rings. The third-order valence-electron chi connectivity index (χ3n) is 7.06. The van der Waals surface area contributed by atoms with E-state index in [1.807, 2.05) is 36.4 Å². The number of hydrogen-bond acceptors (Lipinski definition) is 9. The topological polar surface area (TPSA) is 142 Å². The summed E-state index contributed by atoms with van der Waals surface area (Å²) in [5, 5.41) is 26.8. The van der Waals surface area contributed by atoms with Crippen LogP contribution < -0.4 is 16.4 Å². The van der Waals surface area contributed by atoms with Crippen LogP contribution in [0.2, 0.25) is 10.0 Å². The van der Waals surface area contributed by atoms with Crippen LogP contribution >= 0.6 is 23.2 Å². The van der Waals surface area contributed by atoms with E-state index in [-0.39, 0.29) is 17.8 Å². The van der Waals surface area contributed by atoms with Crippen LogP contribution in [0.3, 0.4) is 0 Å². The van der Waals surface area contributed by atoms with Crippen LogP contribution in [0.4, 0.5) is 23.3 Å². The molecule has 0 atom stereocenters. The summed E-state index contributed by atoms with van der Waals surface area (Å²) in [6, 6.07) is 21.6. The van der Waals surface area contributed by atoms with Crippen LogP contribution in [0.1, 0.15) is 47.9 Å². The molecule has 1 fully saturated rings. The summed E-state index contributed by atoms with van der Waals surface area (Å²) in [5.74, 6) is 13.9. The van der Waals surface area contributed by atoms with E-state index in [0.29, 0.717) is 27.5 Å². The van der Waals surface area contributed by atoms with Gasteiger partial charge in [-0.15, -0.1) is 0 Å². The van der Waals surface area contributed by atoms with Crippen molar-refractivity contribution < 1.29 is 10.2 Å². The standard InChI is InChI=1S/C18H13ClN4O.C18H18ClN3O/c19-14-5-2-12(3-6-14)1-4-13-11-21-18(20)23-17(13)22-15-7-9-16(24)10-8-15;19-15-5-2-13(3-6-15)1-4-14-11-20-12-21-18(14)22-16-7-9-17(23)10-8-16/h2-3,5-11,24H,(H3,20,21,22,23);2-3,5-6,11-12,16-17,23H,7-10H2,(H,20,21,22). The van der Waals surface area contributed by atoms with Gasteiger partial charge in [-0.3, -0.25) is 0 Å². The van der Waals surface area contributed by atoms with Crippen molar-refractivity contribution in [3.63, 3.8) is 0 Å². The van der Waals surface area contributed by atoms with Gasteiger partial charge in [0, 0.05) is 39.1 Å². The lowest BCUT2D eigenvalue weighted by Crippen LogP contribution is -2.28. The lowest BCUT2D eigenvalue weighted by molar-refractivity contribution is 0.126. The molecule has 5 aromatic rings. The van der Waals surface area contributed by atoms with Gasteiger partial charge in [0.1, 0.15) is 17.9 Å². The van der Waals surface area contributed by atoms with Crippen LogP contribution in [0.5, 0.6) is 5.75 Å². The van der Waals surface area contributed by atoms with Crippen molar-refractivity contribution in [2.75, 3.05) is 16.4 Å². The summed E-state index contributed by atoms with van der Waals surface area (Å²) in [6.07, 6.45) is 8.17. The molecule has 6 N–H and O–H groups in total. The summed E-state index contributed by atoms with van der Waals surface area (Å²) in [7, 11) is 0. The van der Waals surface area contributed by atoms with Crippen LogP contribution in [-0.4, -0.2) is 42.3 Å². The number of aliphatic hydroxyl groups excluding tert-OH is 1. The molecule has 0 spiro atoms. The molecule has 0 bridgehead atoms. The van der Waals surface area contributed by atoms with Gasteiger partial charge in [0.25, 0.3) is 0 Å². The zero-order chi connectivity index (χ0) is 33.0. The fraction of sp³-hybridized carbons (Fsp3) is 0.167. The first-order valence-corrected chi connectivity index (χ1v) is 15.5. The highest BCUT2D eigenvalue weighted by atomic mass is 35.5. The highest BCUT2D eigenvalue weighted by Gasteiger charge is 2.20. The minimum atomic E-state index is -0.164. The molecule has 2 aromatic heterocycles. The van der Waals surface area contributed by atoms with Crippen molar-refractivity contribution in [3.05, 3.63) is 124 Å². The highest BCUT2D eigenvalue weighted by Crippen LogP contribution is 2.23. The number of anilines is 4. The third kappa shape index (κ3) is 10.4. The van der Waals surface area contributed by atoms with Crippen LogP contribution in [0.15, 0.2) is 91.5 Å². The second-order valence-corrected chi connectivity index (χ2v) is 11.5. The van der Waals surface area contributed by atoms with Crippen LogP contribution in [0.25, 0.3) is 0 Å². The van der Waals surface area contributed by atoms with E-state index in [0.717, 1.165) is 53.9 Å². The molecule has 0 saturated heterocycles. The molecule has 0 unspecified atom stereocenters. The monoisotopic (exact) mass is 663 g/mol. The molecule has 11 heteroatoms. The number of hydrogen-bond donors (Lipinski definition) is 5. The number of phenols is 1. The van der Waals surface area contributed by atoms with Gasteiger partial charge >= 0.3 is 0 Å². The molecular weight excluding hydrogens is 633 g/mol. The summed E-state index contributed by atoms with van der Waals surface area (Å²) in [4.78, 5) is 16.5. The number of halogens is 2. The average molecular weight is 665 g/mol. The maximum atomic E-state index is 9.59. The average Bonchev–Trinajstić information content (AvgIpc) is 3.08. The van der Waals surface area contributed by atoms with E-state index in [2.05, 4.69) is 54.3 Å². The third-order valence-corrected chi connectivity index (χ3v) is 7.56. The minimum absolute atomic E-state index is 0.147. The number of nitrogens with zero attached hydrogens (tertiary/aromatic N) is 4. The number of benzene rings is 3. The fourth-order valence-corrected chi connectivity index (χ4v) is 4.81. The summed E-state index contributed by atoms with van der Waals surface area (Å²) in [6.45, 7) is 0. The Kier molecular flexibility index (Phi) is 11.5. The molecule has 236 valence electrons. The van der Waals surface area contributed by atoms with Crippen molar-refractivity contribution in [2.24, 2.45) is 0 Å². The Morgan fingerprint density at radius 1 is 0.702 bits per heavy atom. The number of nitrogens with two attached hydrogens (primary N) is 1. The van der Waals surface area contributed by atoms with Gasteiger partial charge in [0.2, 0.25) is 5.95 Å². The first-order chi connectivity index (χ1) is 22.8. The van der Waals surface area contributed by atoms with E-state index in [1.165, 1.54) is 6.33 Å². The molecule has 0 radical (unpaired) electrons. The Bertz CT molecular complexity index is 1910. The second kappa shape index (κ2) is 16.3. The number of aromatic nitrogens is 4. The first-order valence-electron chi connectivity index (χ1n) is 14.8. The minimum Gasteiger partial charge on any atom is -0.508 e. The molecule has 0 amide bonds. The Balaban J connectivity index is 0.000000185. The number of nitrogen functional groups attached to an aromatic ring is 1. The van der Waals surface area contributed by atoms with Gasteiger partial charge in [-0.2, -0.15) is 4.98 Å². The Labute approximate surface area is 283 Å². The zero-order valence-electron chi connectivity index (χ0n) is 25.2. The maximum Gasteiger partial charge on any atom is 0.222 e. The van der Waals surface area contributed by atoms with E-state index in [9.17, 15) is 10.2 Å². The molecule has 1 aliphatic carbocycles. The molecule has 0 aliphatic heterocycles. The number of phenolic OH excluding ortho intramolecular Hbond substituents is 1. The molecular formula is C36H31Cl2N7O2. The van der Waals surface area contributed by atoms with E-state index in [1.54, 1.807) is 48.8 Å². The fourth-order valence-electron chi connectivity index (χ4n) is 4.56. The first kappa shape index (κ1) is 33.1. The largest absolute Gasteiger partial charge is 0.508 e. The molecule has 47 heavy (non-hydrogen) atoms. The van der Waals surface area contributed by atoms with E-state index < -0.39 is 0 Å². The van der Waals surface area contributed by atoms with E-state index >= 15 is 0 Å². The lowest BCUT2D eigenvalue weighted by Gasteiger charge is -2.26. The van der Waals surface area contributed by atoms with Gasteiger partial charge < -0.3 is 26.6 Å². The van der Waals surface area contributed by atoms with Gasteiger partial charge in [-0.05, 0) is 98.5 Å². The van der Waals surface area contributed by atoms with Gasteiger partial charge in [0.05, 0.1) is 23.4 Å². The normalized spacial score (nSPS) is 15.0. The van der Waals surface area contributed by atoms with Crippen molar-refractivity contribution in [3.8, 4) is 29.4 Å². The predicted molar refractivity (Wildman–Crippen MR) is 187 cm³/mol. The number of aliphatic hydroxyl groups is 1. The van der Waals surface area contributed by atoms with Gasteiger partial charge in [-0.1, -0.05) is 46.9 Å². The molecule has 6 rings (SSSR count). The van der Waals surface area contributed by atoms with Gasteiger partial charge in [-0.25, -0.2) is 15.0 Å². The van der Waals surface area contributed by atoms with Crippen molar-refractivity contribution in [1.29, 1.82) is 0 Å². The van der Waals surface area contributed by atoms with Crippen molar-refractivity contribution >= 4 is 46.5 Å². The Morgan fingerprint density at radius 2 is 1.28 bits per heavy atom. The van der Waals surface area contributed by atoms with E-state index in [4.69, 9.17) is 28.9 Å². The quantitative estimate of drug-likeness (QED) is 0.104. The molecule has 2 heterocycles. The number of rotatable bonds is 4. The molecule has 3 aromatic carbocycles. The van der Waals surface area contributed by atoms with Crippen molar-refractivity contribution in [1.82, 2.24) is 19.9 Å². The smallest absolute Gasteiger partial charge is 0.222 e. The zero-order valence-corrected chi connectivity index (χ0v) is 26.7. The lowest BCUT2D eigenvalue weighted by atomic mass is 9.93. The summed E-state index contributed by atoms with van der Waals surface area (Å²) in [5.41, 5.74) is 9.51. The Morgan fingerprint density at radius 3 is 1.87 bits per heavy atom. The van der Waals surface area contributed by atoms with Crippen LogP contribution in [0, 0.1) is 23.7 Å². The SMILES string of the molecule is Nc1ncc(C#Cc2ccc(Cl)cc2)c(Nc2ccc(O)cc2)n1.OC1CCC(Nc2ncncc2C#Cc2ccc(Cl)cc2)CC1. The molecule has 1 saturated carbocycles. The number of nitrogens with one attached hydrogen (secondary N) is 2. The number of aromatic hydroxyl groups is 1. The Hall–Kier alpha value is -5.32.